The second-order valence-electron chi connectivity index (χ2n) is 3.59. The molecule has 0 aliphatic carbocycles. The summed E-state index contributed by atoms with van der Waals surface area (Å²) in [5, 5.41) is 4.10. The summed E-state index contributed by atoms with van der Waals surface area (Å²) in [6.45, 7) is 0. The lowest BCUT2D eigenvalue weighted by Gasteiger charge is -1.98. The van der Waals surface area contributed by atoms with Crippen molar-refractivity contribution in [2.45, 2.75) is 6.42 Å². The van der Waals surface area contributed by atoms with E-state index in [9.17, 15) is 9.18 Å². The molecule has 0 fully saturated rings. The number of carbonyl (C=O) groups excluding carboxylic acids is 1. The summed E-state index contributed by atoms with van der Waals surface area (Å²) < 4.78 is 14.5. The fraction of sp³-hybridized carbons (Fsp3) is 0.167. The van der Waals surface area contributed by atoms with Gasteiger partial charge in [-0.25, -0.2) is 4.39 Å². The highest BCUT2D eigenvalue weighted by Crippen LogP contribution is 2.07. The van der Waals surface area contributed by atoms with Crippen molar-refractivity contribution in [3.8, 4) is 0 Å². The summed E-state index contributed by atoms with van der Waals surface area (Å²) in [4.78, 5) is 11.8. The molecule has 0 bridgehead atoms. The number of aromatic nitrogens is 2. The van der Waals surface area contributed by atoms with Crippen LogP contribution >= 0.6 is 0 Å². The van der Waals surface area contributed by atoms with Gasteiger partial charge >= 0.3 is 0 Å². The van der Waals surface area contributed by atoms with Crippen LogP contribution in [0.15, 0.2) is 36.5 Å². The van der Waals surface area contributed by atoms with Crippen LogP contribution in [0.1, 0.15) is 16.1 Å². The predicted octanol–water partition coefficient (Wildman–Crippen LogP) is 1.98. The topological polar surface area (TPSA) is 34.9 Å². The zero-order valence-electron chi connectivity index (χ0n) is 8.85. The van der Waals surface area contributed by atoms with Crippen LogP contribution in [0.2, 0.25) is 0 Å². The summed E-state index contributed by atoms with van der Waals surface area (Å²) in [6, 6.07) is 7.47. The molecule has 4 heteroatoms. The van der Waals surface area contributed by atoms with Gasteiger partial charge in [0.2, 0.25) is 0 Å². The van der Waals surface area contributed by atoms with E-state index in [0.29, 0.717) is 11.3 Å². The number of hydrogen-bond acceptors (Lipinski definition) is 2. The molecule has 1 aromatic carbocycles. The Morgan fingerprint density at radius 2 is 2.25 bits per heavy atom. The van der Waals surface area contributed by atoms with Crippen molar-refractivity contribution in [1.82, 2.24) is 9.78 Å². The van der Waals surface area contributed by atoms with Crippen molar-refractivity contribution in [2.75, 3.05) is 0 Å². The molecular weight excluding hydrogens is 207 g/mol. The van der Waals surface area contributed by atoms with Crippen LogP contribution in [-0.4, -0.2) is 15.6 Å². The Hall–Kier alpha value is -1.97. The number of nitrogens with zero attached hydrogens (tertiary/aromatic N) is 2. The average Bonchev–Trinajstić information content (AvgIpc) is 2.64. The standard InChI is InChI=1S/C12H11FN2O/c1-15-6-5-11(14-15)8-12(16)9-3-2-4-10(13)7-9/h2-7H,8H2,1H3. The van der Waals surface area contributed by atoms with Gasteiger partial charge in [-0.2, -0.15) is 5.10 Å². The van der Waals surface area contributed by atoms with E-state index in [1.165, 1.54) is 18.2 Å². The lowest BCUT2D eigenvalue weighted by Crippen LogP contribution is -2.05. The second kappa shape index (κ2) is 4.26. The number of ketones is 1. The fourth-order valence-electron chi connectivity index (χ4n) is 1.49. The van der Waals surface area contributed by atoms with Gasteiger partial charge in [0.25, 0.3) is 0 Å². The minimum Gasteiger partial charge on any atom is -0.294 e. The van der Waals surface area contributed by atoms with Crippen molar-refractivity contribution in [3.63, 3.8) is 0 Å². The largest absolute Gasteiger partial charge is 0.294 e. The van der Waals surface area contributed by atoms with Crippen LogP contribution in [0.4, 0.5) is 4.39 Å². The van der Waals surface area contributed by atoms with Gasteiger partial charge in [0.05, 0.1) is 12.1 Å². The van der Waals surface area contributed by atoms with E-state index in [1.54, 1.807) is 30.1 Å². The second-order valence-corrected chi connectivity index (χ2v) is 3.59. The van der Waals surface area contributed by atoms with Gasteiger partial charge in [-0.05, 0) is 18.2 Å². The van der Waals surface area contributed by atoms with Crippen molar-refractivity contribution < 1.29 is 9.18 Å². The normalized spacial score (nSPS) is 10.4. The van der Waals surface area contributed by atoms with Crippen LogP contribution in [0, 0.1) is 5.82 Å². The molecule has 0 spiro atoms. The Kier molecular flexibility index (Phi) is 2.81. The van der Waals surface area contributed by atoms with Gasteiger partial charge in [0.1, 0.15) is 5.82 Å². The minimum absolute atomic E-state index is 0.127. The van der Waals surface area contributed by atoms with Gasteiger partial charge in [0, 0.05) is 18.8 Å². The Morgan fingerprint density at radius 3 is 2.88 bits per heavy atom. The van der Waals surface area contributed by atoms with Crippen LogP contribution in [-0.2, 0) is 13.5 Å². The highest BCUT2D eigenvalue weighted by molar-refractivity contribution is 5.97. The third-order valence-corrected chi connectivity index (χ3v) is 2.26. The van der Waals surface area contributed by atoms with Crippen molar-refractivity contribution >= 4 is 5.78 Å². The number of rotatable bonds is 3. The summed E-state index contributed by atoms with van der Waals surface area (Å²) in [5.74, 6) is -0.523. The zero-order chi connectivity index (χ0) is 11.5. The molecule has 1 aromatic heterocycles. The lowest BCUT2D eigenvalue weighted by atomic mass is 10.1. The Labute approximate surface area is 92.5 Å². The SMILES string of the molecule is Cn1ccc(CC(=O)c2cccc(F)c2)n1. The minimum atomic E-state index is -0.396. The van der Waals surface area contributed by atoms with Gasteiger partial charge in [0.15, 0.2) is 5.78 Å². The molecule has 0 radical (unpaired) electrons. The van der Waals surface area contributed by atoms with E-state index in [-0.39, 0.29) is 12.2 Å². The van der Waals surface area contributed by atoms with E-state index >= 15 is 0 Å². The maximum Gasteiger partial charge on any atom is 0.168 e. The fourth-order valence-corrected chi connectivity index (χ4v) is 1.49. The molecule has 0 saturated carbocycles. The highest BCUT2D eigenvalue weighted by atomic mass is 19.1. The van der Waals surface area contributed by atoms with Crippen molar-refractivity contribution in [1.29, 1.82) is 0 Å². The van der Waals surface area contributed by atoms with E-state index < -0.39 is 5.82 Å². The molecule has 0 amide bonds. The third kappa shape index (κ3) is 2.34. The maximum atomic E-state index is 12.9. The van der Waals surface area contributed by atoms with Gasteiger partial charge in [-0.15, -0.1) is 0 Å². The van der Waals surface area contributed by atoms with Gasteiger partial charge in [-0.1, -0.05) is 12.1 Å². The Morgan fingerprint density at radius 1 is 1.44 bits per heavy atom. The zero-order valence-corrected chi connectivity index (χ0v) is 8.85. The monoisotopic (exact) mass is 218 g/mol. The molecule has 2 rings (SSSR count). The molecule has 2 aromatic rings. The first kappa shape index (κ1) is 10.5. The number of Topliss-reactive ketones (excluding diaryl/α,β-unsaturated/α-hetero) is 1. The molecule has 0 atom stereocenters. The van der Waals surface area contributed by atoms with Crippen LogP contribution in [0.3, 0.4) is 0 Å². The van der Waals surface area contributed by atoms with E-state index in [1.807, 2.05) is 0 Å². The lowest BCUT2D eigenvalue weighted by molar-refractivity contribution is 0.0991. The first-order chi connectivity index (χ1) is 7.65. The Bertz CT molecular complexity index is 519. The van der Waals surface area contributed by atoms with E-state index in [0.717, 1.165) is 0 Å². The van der Waals surface area contributed by atoms with Crippen molar-refractivity contribution in [2.24, 2.45) is 7.05 Å². The number of halogens is 1. The quantitative estimate of drug-likeness (QED) is 0.738. The van der Waals surface area contributed by atoms with E-state index in [2.05, 4.69) is 5.10 Å². The highest BCUT2D eigenvalue weighted by Gasteiger charge is 2.09. The number of aryl methyl sites for hydroxylation is 1. The Balaban J connectivity index is 2.14. The number of hydrogen-bond donors (Lipinski definition) is 0. The smallest absolute Gasteiger partial charge is 0.168 e. The summed E-state index contributed by atoms with van der Waals surface area (Å²) in [7, 11) is 1.79. The van der Waals surface area contributed by atoms with Crippen LogP contribution < -0.4 is 0 Å². The van der Waals surface area contributed by atoms with E-state index in [4.69, 9.17) is 0 Å². The molecule has 0 aliphatic rings. The molecule has 0 aliphatic heterocycles. The molecule has 3 nitrogen and oxygen atoms in total. The van der Waals surface area contributed by atoms with Gasteiger partial charge in [-0.3, -0.25) is 9.48 Å². The average molecular weight is 218 g/mol. The maximum absolute atomic E-state index is 12.9. The summed E-state index contributed by atoms with van der Waals surface area (Å²) in [5.41, 5.74) is 1.07. The molecule has 16 heavy (non-hydrogen) atoms. The molecule has 0 N–H and O–H groups in total. The van der Waals surface area contributed by atoms with Crippen LogP contribution in [0.5, 0.6) is 0 Å². The van der Waals surface area contributed by atoms with Gasteiger partial charge < -0.3 is 0 Å². The summed E-state index contributed by atoms with van der Waals surface area (Å²) >= 11 is 0. The first-order valence-electron chi connectivity index (χ1n) is 4.92. The van der Waals surface area contributed by atoms with Crippen LogP contribution in [0.25, 0.3) is 0 Å². The van der Waals surface area contributed by atoms with Crippen molar-refractivity contribution in [3.05, 3.63) is 53.6 Å². The molecule has 82 valence electrons. The summed E-state index contributed by atoms with van der Waals surface area (Å²) in [6.07, 6.45) is 1.97. The number of carbonyl (C=O) groups is 1. The molecular formula is C12H11FN2O. The molecule has 0 unspecified atom stereocenters. The molecule has 1 heterocycles. The third-order valence-electron chi connectivity index (χ3n) is 2.26. The number of benzene rings is 1. The molecule has 0 saturated heterocycles. The first-order valence-corrected chi connectivity index (χ1v) is 4.92. The predicted molar refractivity (Wildman–Crippen MR) is 57.6 cm³/mol.